The van der Waals surface area contributed by atoms with Crippen molar-refractivity contribution in [3.63, 3.8) is 0 Å². The topological polar surface area (TPSA) is 72.8 Å². The molecule has 0 N–H and O–H groups in total. The lowest BCUT2D eigenvalue weighted by atomic mass is 9.97. The van der Waals surface area contributed by atoms with Gasteiger partial charge < -0.3 is 18.9 Å². The highest BCUT2D eigenvalue weighted by molar-refractivity contribution is 6.03. The number of hydrogen-bond acceptors (Lipinski definition) is 7. The normalized spacial score (nSPS) is 18.9. The maximum absolute atomic E-state index is 13.4. The molecule has 32 heavy (non-hydrogen) atoms. The van der Waals surface area contributed by atoms with E-state index in [0.717, 1.165) is 35.7 Å². The third-order valence-corrected chi connectivity index (χ3v) is 5.85. The summed E-state index contributed by atoms with van der Waals surface area (Å²) in [5, 5.41) is 6.38. The lowest BCUT2D eigenvalue weighted by Crippen LogP contribution is -2.43. The Hall–Kier alpha value is -3.10. The number of hydrazone groups is 1. The molecule has 8 nitrogen and oxygen atoms in total. The Morgan fingerprint density at radius 3 is 2.34 bits per heavy atom. The fourth-order valence-electron chi connectivity index (χ4n) is 4.06. The minimum atomic E-state index is -0.286. The van der Waals surface area contributed by atoms with Crippen LogP contribution >= 0.6 is 0 Å². The molecule has 0 aromatic heterocycles. The van der Waals surface area contributed by atoms with Crippen LogP contribution in [0.3, 0.4) is 0 Å². The van der Waals surface area contributed by atoms with Crippen LogP contribution in [0, 0.1) is 0 Å². The van der Waals surface area contributed by atoms with Crippen LogP contribution < -0.4 is 14.2 Å². The zero-order valence-corrected chi connectivity index (χ0v) is 18.7. The Labute approximate surface area is 188 Å². The van der Waals surface area contributed by atoms with Gasteiger partial charge in [-0.25, -0.2) is 5.01 Å². The summed E-state index contributed by atoms with van der Waals surface area (Å²) < 4.78 is 21.7. The smallest absolute Gasteiger partial charge is 0.257 e. The van der Waals surface area contributed by atoms with Crippen molar-refractivity contribution in [1.82, 2.24) is 9.91 Å². The fourth-order valence-corrected chi connectivity index (χ4v) is 4.06. The lowest BCUT2D eigenvalue weighted by molar-refractivity contribution is -0.135. The molecule has 2 aliphatic heterocycles. The summed E-state index contributed by atoms with van der Waals surface area (Å²) in [4.78, 5) is 15.5. The van der Waals surface area contributed by atoms with Crippen molar-refractivity contribution in [2.24, 2.45) is 5.10 Å². The van der Waals surface area contributed by atoms with Gasteiger partial charge in [0.25, 0.3) is 5.91 Å². The highest BCUT2D eigenvalue weighted by atomic mass is 16.5. The molecule has 0 aliphatic carbocycles. The van der Waals surface area contributed by atoms with Crippen LogP contribution in [0.2, 0.25) is 0 Å². The summed E-state index contributed by atoms with van der Waals surface area (Å²) in [6.45, 7) is 3.05. The van der Waals surface area contributed by atoms with Crippen LogP contribution in [0.1, 0.15) is 23.6 Å². The molecule has 1 amide bonds. The number of carbonyl (C=O) groups excluding carboxylic acids is 1. The maximum Gasteiger partial charge on any atom is 0.257 e. The van der Waals surface area contributed by atoms with E-state index in [9.17, 15) is 4.79 Å². The highest BCUT2D eigenvalue weighted by Crippen LogP contribution is 2.39. The Kier molecular flexibility index (Phi) is 6.92. The van der Waals surface area contributed by atoms with Gasteiger partial charge in [0.15, 0.2) is 0 Å². The predicted octanol–water partition coefficient (Wildman–Crippen LogP) is 2.72. The van der Waals surface area contributed by atoms with Crippen molar-refractivity contribution in [3.8, 4) is 17.2 Å². The van der Waals surface area contributed by atoms with Crippen molar-refractivity contribution in [3.05, 3.63) is 53.6 Å². The van der Waals surface area contributed by atoms with Gasteiger partial charge in [0.1, 0.15) is 17.2 Å². The largest absolute Gasteiger partial charge is 0.497 e. The number of morpholine rings is 1. The molecular weight excluding hydrogens is 410 g/mol. The van der Waals surface area contributed by atoms with Crippen LogP contribution in [0.25, 0.3) is 0 Å². The standard InChI is InChI=1S/C24H29N3O5/c1-29-18-6-4-17(5-7-18)21-15-22(20-14-19(30-2)8-9-23(20)31-3)27(25-21)24(28)16-26-10-12-32-13-11-26/h4-9,14,22H,10-13,15-16H2,1-3H3. The van der Waals surface area contributed by atoms with Crippen LogP contribution in [-0.2, 0) is 9.53 Å². The Morgan fingerprint density at radius 2 is 1.69 bits per heavy atom. The average molecular weight is 440 g/mol. The van der Waals surface area contributed by atoms with E-state index in [1.165, 1.54) is 0 Å². The molecule has 2 heterocycles. The molecule has 0 spiro atoms. The molecule has 0 radical (unpaired) electrons. The summed E-state index contributed by atoms with van der Waals surface area (Å²) in [7, 11) is 4.89. The SMILES string of the molecule is COc1ccc(C2=NN(C(=O)CN3CCOCC3)C(c3cc(OC)ccc3OC)C2)cc1. The zero-order valence-electron chi connectivity index (χ0n) is 18.7. The van der Waals surface area contributed by atoms with Crippen LogP contribution in [-0.4, -0.2) is 75.7 Å². The Morgan fingerprint density at radius 1 is 1.00 bits per heavy atom. The molecule has 0 bridgehead atoms. The summed E-state index contributed by atoms with van der Waals surface area (Å²) in [6, 6.07) is 13.1. The van der Waals surface area contributed by atoms with Crippen molar-refractivity contribution in [2.75, 3.05) is 54.2 Å². The van der Waals surface area contributed by atoms with Crippen molar-refractivity contribution >= 4 is 11.6 Å². The van der Waals surface area contributed by atoms with Crippen LogP contribution in [0.4, 0.5) is 0 Å². The number of amides is 1. The van der Waals surface area contributed by atoms with Crippen molar-refractivity contribution in [1.29, 1.82) is 0 Å². The van der Waals surface area contributed by atoms with E-state index in [-0.39, 0.29) is 11.9 Å². The van der Waals surface area contributed by atoms with Crippen molar-refractivity contribution in [2.45, 2.75) is 12.5 Å². The third-order valence-electron chi connectivity index (χ3n) is 5.85. The number of rotatable bonds is 7. The van der Waals surface area contributed by atoms with E-state index in [2.05, 4.69) is 4.90 Å². The molecule has 1 fully saturated rings. The predicted molar refractivity (Wildman–Crippen MR) is 121 cm³/mol. The van der Waals surface area contributed by atoms with Crippen molar-refractivity contribution < 1.29 is 23.7 Å². The first-order chi connectivity index (χ1) is 15.6. The quantitative estimate of drug-likeness (QED) is 0.661. The molecular formula is C24H29N3O5. The summed E-state index contributed by atoms with van der Waals surface area (Å²) >= 11 is 0. The Bertz CT molecular complexity index is 970. The first-order valence-corrected chi connectivity index (χ1v) is 10.7. The second kappa shape index (κ2) is 10.0. The molecule has 1 atom stereocenters. The van der Waals surface area contributed by atoms with E-state index in [1.807, 2.05) is 42.5 Å². The number of methoxy groups -OCH3 is 3. The molecule has 2 aliphatic rings. The van der Waals surface area contributed by atoms with E-state index >= 15 is 0 Å². The van der Waals surface area contributed by atoms with Gasteiger partial charge in [0.05, 0.1) is 52.8 Å². The van der Waals surface area contributed by atoms with Gasteiger partial charge in [0, 0.05) is 25.1 Å². The number of benzene rings is 2. The number of hydrogen-bond donors (Lipinski definition) is 0. The molecule has 2 aromatic rings. The fraction of sp³-hybridized carbons (Fsp3) is 0.417. The summed E-state index contributed by atoms with van der Waals surface area (Å²) in [6.07, 6.45) is 0.574. The monoisotopic (exact) mass is 439 g/mol. The molecule has 1 saturated heterocycles. The van der Waals surface area contributed by atoms with Gasteiger partial charge in [-0.05, 0) is 48.0 Å². The molecule has 2 aromatic carbocycles. The third kappa shape index (κ3) is 4.71. The molecule has 0 saturated carbocycles. The minimum absolute atomic E-state index is 0.0507. The minimum Gasteiger partial charge on any atom is -0.497 e. The lowest BCUT2D eigenvalue weighted by Gasteiger charge is -2.29. The molecule has 170 valence electrons. The second-order valence-electron chi connectivity index (χ2n) is 7.73. The van der Waals surface area contributed by atoms with Crippen LogP contribution in [0.15, 0.2) is 47.6 Å². The van der Waals surface area contributed by atoms with E-state index in [1.54, 1.807) is 26.3 Å². The van der Waals surface area contributed by atoms with Gasteiger partial charge >= 0.3 is 0 Å². The van der Waals surface area contributed by atoms with E-state index in [4.69, 9.17) is 24.0 Å². The van der Waals surface area contributed by atoms with Gasteiger partial charge in [-0.2, -0.15) is 5.10 Å². The average Bonchev–Trinajstić information content (AvgIpc) is 3.30. The van der Waals surface area contributed by atoms with Gasteiger partial charge in [-0.3, -0.25) is 9.69 Å². The number of carbonyl (C=O) groups is 1. The zero-order chi connectivity index (χ0) is 22.5. The Balaban J connectivity index is 1.66. The number of nitrogens with zero attached hydrogens (tertiary/aromatic N) is 3. The van der Waals surface area contributed by atoms with E-state index < -0.39 is 0 Å². The molecule has 4 rings (SSSR count). The summed E-state index contributed by atoms with van der Waals surface area (Å²) in [5.41, 5.74) is 2.67. The molecule has 1 unspecified atom stereocenters. The van der Waals surface area contributed by atoms with Gasteiger partial charge in [-0.1, -0.05) is 0 Å². The maximum atomic E-state index is 13.4. The first-order valence-electron chi connectivity index (χ1n) is 10.7. The molecule has 8 heteroatoms. The van der Waals surface area contributed by atoms with E-state index in [0.29, 0.717) is 37.7 Å². The first kappa shape index (κ1) is 22.1. The van der Waals surface area contributed by atoms with Gasteiger partial charge in [0.2, 0.25) is 0 Å². The summed E-state index contributed by atoms with van der Waals surface area (Å²) in [5.74, 6) is 2.13. The highest BCUT2D eigenvalue weighted by Gasteiger charge is 2.35. The number of ether oxygens (including phenoxy) is 4. The second-order valence-corrected chi connectivity index (χ2v) is 7.73. The van der Waals surface area contributed by atoms with Gasteiger partial charge in [-0.15, -0.1) is 0 Å². The van der Waals surface area contributed by atoms with Crippen LogP contribution in [0.5, 0.6) is 17.2 Å².